The summed E-state index contributed by atoms with van der Waals surface area (Å²) in [6.07, 6.45) is 2.33. The first-order valence-electron chi connectivity index (χ1n) is 13.7. The van der Waals surface area contributed by atoms with Crippen molar-refractivity contribution in [2.45, 2.75) is 0 Å². The monoisotopic (exact) mass is 530 g/mol. The molecule has 0 aliphatic carbocycles. The number of rotatable bonds is 4. The predicted octanol–water partition coefficient (Wildman–Crippen LogP) is 10.5. The molecule has 1 N–H and O–H groups in total. The summed E-state index contributed by atoms with van der Waals surface area (Å²) in [7, 11) is 0. The molecule has 0 saturated carbocycles. The normalized spacial score (nSPS) is 12.8. The number of hydrogen-bond donors (Lipinski definition) is 1. The zero-order valence-electron chi connectivity index (χ0n) is 21.8. The molecule has 40 heavy (non-hydrogen) atoms. The number of hydrogen-bond acceptors (Lipinski definition) is 3. The molecule has 0 bridgehead atoms. The second kappa shape index (κ2) is 9.41. The Kier molecular flexibility index (Phi) is 5.42. The molecular formula is C37H26N2S. The van der Waals surface area contributed by atoms with Crippen molar-refractivity contribution >= 4 is 65.0 Å². The van der Waals surface area contributed by atoms with Crippen molar-refractivity contribution < 1.29 is 0 Å². The summed E-state index contributed by atoms with van der Waals surface area (Å²) >= 11 is 1.84. The van der Waals surface area contributed by atoms with Crippen LogP contribution in [0.25, 0.3) is 48.5 Å². The quantitative estimate of drug-likeness (QED) is 0.228. The van der Waals surface area contributed by atoms with E-state index in [4.69, 9.17) is 0 Å². The van der Waals surface area contributed by atoms with Crippen LogP contribution in [0.15, 0.2) is 140 Å². The van der Waals surface area contributed by atoms with E-state index >= 15 is 0 Å². The van der Waals surface area contributed by atoms with Gasteiger partial charge in [-0.25, -0.2) is 0 Å². The van der Waals surface area contributed by atoms with E-state index < -0.39 is 0 Å². The Balaban J connectivity index is 1.35. The summed E-state index contributed by atoms with van der Waals surface area (Å²) in [4.78, 5) is 2.44. The molecule has 0 fully saturated rings. The molecule has 1 aliphatic rings. The molecule has 8 rings (SSSR count). The van der Waals surface area contributed by atoms with Crippen molar-refractivity contribution in [1.29, 1.82) is 0 Å². The van der Waals surface area contributed by atoms with Crippen LogP contribution in [0.2, 0.25) is 0 Å². The lowest BCUT2D eigenvalue weighted by Crippen LogP contribution is -2.20. The molecule has 3 heteroatoms. The number of nitrogens with one attached hydrogen (secondary N) is 1. The minimum absolute atomic E-state index is 0.796. The van der Waals surface area contributed by atoms with E-state index in [1.54, 1.807) is 0 Å². The Hall–Kier alpha value is -4.86. The Morgan fingerprint density at radius 3 is 2.05 bits per heavy atom. The van der Waals surface area contributed by atoms with Crippen molar-refractivity contribution in [1.82, 2.24) is 0 Å². The molecular weight excluding hydrogens is 504 g/mol. The maximum atomic E-state index is 3.64. The van der Waals surface area contributed by atoms with E-state index in [1.165, 1.54) is 59.0 Å². The molecule has 0 unspecified atom stereocenters. The molecule has 0 radical (unpaired) electrons. The van der Waals surface area contributed by atoms with Gasteiger partial charge in [0.2, 0.25) is 0 Å². The van der Waals surface area contributed by atoms with E-state index in [0.717, 1.165) is 17.9 Å². The fourth-order valence-electron chi connectivity index (χ4n) is 5.96. The van der Waals surface area contributed by atoms with Gasteiger partial charge in [-0.15, -0.1) is 11.3 Å². The average Bonchev–Trinajstić information content (AvgIpc) is 3.41. The smallest absolute Gasteiger partial charge is 0.0992 e. The third kappa shape index (κ3) is 3.78. The Morgan fingerprint density at radius 2 is 1.20 bits per heavy atom. The van der Waals surface area contributed by atoms with Crippen LogP contribution >= 0.6 is 11.3 Å². The highest BCUT2D eigenvalue weighted by molar-refractivity contribution is 7.23. The highest BCUT2D eigenvalue weighted by Gasteiger charge is 2.25. The van der Waals surface area contributed by atoms with Crippen molar-refractivity contribution in [2.24, 2.45) is 0 Å². The maximum absolute atomic E-state index is 3.64. The summed E-state index contributed by atoms with van der Waals surface area (Å²) in [5.41, 5.74) is 7.24. The minimum atomic E-state index is 0.796. The largest absolute Gasteiger partial charge is 0.373 e. The van der Waals surface area contributed by atoms with Gasteiger partial charge in [-0.3, -0.25) is 0 Å². The van der Waals surface area contributed by atoms with Crippen LogP contribution in [-0.2, 0) is 0 Å². The predicted molar refractivity (Wildman–Crippen MR) is 174 cm³/mol. The van der Waals surface area contributed by atoms with Crippen LogP contribution < -0.4 is 10.2 Å². The highest BCUT2D eigenvalue weighted by atomic mass is 32.1. The van der Waals surface area contributed by atoms with Gasteiger partial charge in [0.05, 0.1) is 10.7 Å². The van der Waals surface area contributed by atoms with Crippen molar-refractivity contribution in [3.63, 3.8) is 0 Å². The fourth-order valence-corrected chi connectivity index (χ4v) is 7.08. The summed E-state index contributed by atoms with van der Waals surface area (Å²) in [5, 5.41) is 11.2. The molecule has 0 saturated heterocycles. The van der Waals surface area contributed by atoms with Gasteiger partial charge in [0.1, 0.15) is 0 Å². The van der Waals surface area contributed by atoms with Gasteiger partial charge in [-0.2, -0.15) is 0 Å². The van der Waals surface area contributed by atoms with Crippen LogP contribution in [-0.4, -0.2) is 6.54 Å². The molecule has 6 aromatic carbocycles. The topological polar surface area (TPSA) is 15.3 Å². The van der Waals surface area contributed by atoms with Crippen LogP contribution in [0.4, 0.5) is 16.4 Å². The van der Waals surface area contributed by atoms with E-state index in [0.29, 0.717) is 0 Å². The molecule has 190 valence electrons. The van der Waals surface area contributed by atoms with Gasteiger partial charge in [0.25, 0.3) is 0 Å². The summed E-state index contributed by atoms with van der Waals surface area (Å²) in [5.74, 6) is 0. The molecule has 0 spiro atoms. The van der Waals surface area contributed by atoms with Crippen molar-refractivity contribution in [3.8, 4) is 11.1 Å². The first-order chi connectivity index (χ1) is 19.8. The minimum Gasteiger partial charge on any atom is -0.373 e. The Morgan fingerprint density at radius 1 is 0.550 bits per heavy atom. The number of anilines is 3. The zero-order chi connectivity index (χ0) is 26.5. The van der Waals surface area contributed by atoms with Crippen molar-refractivity contribution in [2.75, 3.05) is 16.8 Å². The van der Waals surface area contributed by atoms with Crippen LogP contribution in [0, 0.1) is 0 Å². The second-order valence-electron chi connectivity index (χ2n) is 10.2. The van der Waals surface area contributed by atoms with Gasteiger partial charge in [-0.05, 0) is 69.1 Å². The van der Waals surface area contributed by atoms with E-state index in [-0.39, 0.29) is 0 Å². The standard InChI is InChI=1S/C37H26N2S/c1-2-8-25(9-3-1)26-16-19-29(20-17-26)39(34-22-23-38-37-36(34)32-12-6-7-13-35(32)40-37)30-21-18-28-15-14-27-10-4-5-11-31(27)33(28)24-30/h1-22,24,38H,23H2. The molecule has 2 nitrogen and oxygen atoms in total. The van der Waals surface area contributed by atoms with E-state index in [1.807, 2.05) is 11.3 Å². The second-order valence-corrected chi connectivity index (χ2v) is 11.3. The van der Waals surface area contributed by atoms with Gasteiger partial charge in [-0.1, -0.05) is 103 Å². The third-order valence-electron chi connectivity index (χ3n) is 7.87. The number of fused-ring (bicyclic) bond motifs is 6. The van der Waals surface area contributed by atoms with Gasteiger partial charge in [0, 0.05) is 33.6 Å². The molecule has 0 amide bonds. The number of thiophene rings is 1. The molecule has 2 heterocycles. The van der Waals surface area contributed by atoms with Crippen LogP contribution in [0.1, 0.15) is 5.56 Å². The summed E-state index contributed by atoms with van der Waals surface area (Å²) in [6.45, 7) is 0.796. The van der Waals surface area contributed by atoms with E-state index in [2.05, 4.69) is 150 Å². The lowest BCUT2D eigenvalue weighted by molar-refractivity contribution is 1.24. The SMILES string of the molecule is C1=C(N(c2ccc(-c3ccccc3)cc2)c2ccc3ccc4ccccc4c3c2)c2c(sc3ccccc23)NC1. The maximum Gasteiger partial charge on any atom is 0.0992 e. The first kappa shape index (κ1) is 23.1. The molecule has 1 aromatic heterocycles. The van der Waals surface area contributed by atoms with Gasteiger partial charge in [0.15, 0.2) is 0 Å². The van der Waals surface area contributed by atoms with Crippen molar-refractivity contribution in [3.05, 3.63) is 145 Å². The molecule has 7 aromatic rings. The lowest BCUT2D eigenvalue weighted by atomic mass is 9.99. The summed E-state index contributed by atoms with van der Waals surface area (Å²) < 4.78 is 1.30. The highest BCUT2D eigenvalue weighted by Crippen LogP contribution is 2.47. The van der Waals surface area contributed by atoms with Gasteiger partial charge >= 0.3 is 0 Å². The summed E-state index contributed by atoms with van der Waals surface area (Å²) in [6, 6.07) is 48.3. The molecule has 0 atom stereocenters. The van der Waals surface area contributed by atoms with Gasteiger partial charge < -0.3 is 10.2 Å². The Labute approximate surface area is 237 Å². The van der Waals surface area contributed by atoms with E-state index in [9.17, 15) is 0 Å². The number of nitrogens with zero attached hydrogens (tertiary/aromatic N) is 1. The zero-order valence-corrected chi connectivity index (χ0v) is 22.7. The number of benzene rings is 6. The average molecular weight is 531 g/mol. The first-order valence-corrected chi connectivity index (χ1v) is 14.5. The van der Waals surface area contributed by atoms with Crippen LogP contribution in [0.5, 0.6) is 0 Å². The molecule has 1 aliphatic heterocycles. The fraction of sp³-hybridized carbons (Fsp3) is 0.0270. The Bertz CT molecular complexity index is 2050. The van der Waals surface area contributed by atoms with Crippen LogP contribution in [0.3, 0.4) is 0 Å². The third-order valence-corrected chi connectivity index (χ3v) is 9.00. The lowest BCUT2D eigenvalue weighted by Gasteiger charge is -2.31.